The molecule has 1 rings (SSSR count). The molecule has 1 aliphatic carbocycles. The van der Waals surface area contributed by atoms with E-state index in [-0.39, 0.29) is 17.9 Å². The Morgan fingerprint density at radius 2 is 2.20 bits per heavy atom. The van der Waals surface area contributed by atoms with E-state index in [0.29, 0.717) is 6.42 Å². The lowest BCUT2D eigenvalue weighted by molar-refractivity contribution is 0.132. The van der Waals surface area contributed by atoms with Crippen molar-refractivity contribution in [2.24, 2.45) is 11.3 Å². The predicted octanol–water partition coefficient (Wildman–Crippen LogP) is 1.61. The zero-order valence-corrected chi connectivity index (χ0v) is 9.45. The fourth-order valence-electron chi connectivity index (χ4n) is 2.00. The number of carboxylic acid groups (broad SMARTS) is 1. The molecule has 0 spiro atoms. The summed E-state index contributed by atoms with van der Waals surface area (Å²) in [6, 6.07) is 0. The molecule has 0 fully saturated rings. The zero-order valence-electron chi connectivity index (χ0n) is 9.45. The smallest absolute Gasteiger partial charge is 0.405 e. The van der Waals surface area contributed by atoms with E-state index in [0.717, 1.165) is 0 Å². The van der Waals surface area contributed by atoms with E-state index in [1.165, 1.54) is 0 Å². The maximum Gasteiger partial charge on any atom is 0.405 e. The molecule has 0 heterocycles. The van der Waals surface area contributed by atoms with Crippen molar-refractivity contribution in [1.82, 2.24) is 5.32 Å². The van der Waals surface area contributed by atoms with Crippen molar-refractivity contribution in [3.05, 3.63) is 12.2 Å². The predicted molar refractivity (Wildman–Crippen MR) is 57.7 cm³/mol. The van der Waals surface area contributed by atoms with Crippen LogP contribution in [0.3, 0.4) is 0 Å². The van der Waals surface area contributed by atoms with Crippen LogP contribution in [0.25, 0.3) is 0 Å². The summed E-state index contributed by atoms with van der Waals surface area (Å²) in [4.78, 5) is 10.8. The van der Waals surface area contributed by atoms with E-state index in [1.54, 1.807) is 0 Å². The van der Waals surface area contributed by atoms with Gasteiger partial charge in [-0.15, -0.1) is 0 Å². The highest BCUT2D eigenvalue weighted by Crippen LogP contribution is 2.41. The van der Waals surface area contributed by atoms with Crippen molar-refractivity contribution in [3.63, 3.8) is 0 Å². The van der Waals surface area contributed by atoms with Gasteiger partial charge < -0.3 is 15.5 Å². The first kappa shape index (κ1) is 12.0. The van der Waals surface area contributed by atoms with Crippen LogP contribution in [0.15, 0.2) is 12.2 Å². The molecule has 0 aliphatic heterocycles. The first-order valence-corrected chi connectivity index (χ1v) is 5.12. The number of hydrogen-bond donors (Lipinski definition) is 3. The summed E-state index contributed by atoms with van der Waals surface area (Å²) in [5.41, 5.74) is -0.766. The molecule has 4 heteroatoms. The molecule has 86 valence electrons. The summed E-state index contributed by atoms with van der Waals surface area (Å²) in [6.07, 6.45) is 3.37. The van der Waals surface area contributed by atoms with Crippen LogP contribution in [0, 0.1) is 11.3 Å². The third kappa shape index (κ3) is 2.31. The largest absolute Gasteiger partial charge is 0.465 e. The zero-order chi connectivity index (χ0) is 11.7. The quantitative estimate of drug-likeness (QED) is 0.610. The number of nitrogens with one attached hydrogen (secondary N) is 1. The van der Waals surface area contributed by atoms with Crippen molar-refractivity contribution < 1.29 is 15.0 Å². The summed E-state index contributed by atoms with van der Waals surface area (Å²) >= 11 is 0. The van der Waals surface area contributed by atoms with Gasteiger partial charge in [0.2, 0.25) is 0 Å². The van der Waals surface area contributed by atoms with Gasteiger partial charge in [-0.25, -0.2) is 4.79 Å². The number of rotatable bonds is 2. The normalized spacial score (nSPS) is 30.5. The SMILES string of the molecule is CC(C)(C)C1(NC(=O)O)C=C[C@H](CO)C1. The van der Waals surface area contributed by atoms with Gasteiger partial charge in [0.15, 0.2) is 0 Å². The number of hydrogen-bond acceptors (Lipinski definition) is 2. The maximum atomic E-state index is 10.8. The third-order valence-corrected chi connectivity index (χ3v) is 3.14. The van der Waals surface area contributed by atoms with Crippen LogP contribution >= 0.6 is 0 Å². The molecule has 0 saturated heterocycles. The topological polar surface area (TPSA) is 69.6 Å². The number of aliphatic hydroxyl groups is 1. The molecular weight excluding hydrogens is 194 g/mol. The Labute approximate surface area is 90.0 Å². The Bertz CT molecular complexity index is 280. The Hall–Kier alpha value is -1.03. The van der Waals surface area contributed by atoms with Gasteiger partial charge >= 0.3 is 6.09 Å². The number of aliphatic hydroxyl groups excluding tert-OH is 1. The molecular formula is C11H19NO3. The summed E-state index contributed by atoms with van der Waals surface area (Å²) in [6.45, 7) is 6.04. The fourth-order valence-corrected chi connectivity index (χ4v) is 2.00. The average Bonchev–Trinajstić information content (AvgIpc) is 2.47. The highest BCUT2D eigenvalue weighted by atomic mass is 16.4. The number of amides is 1. The van der Waals surface area contributed by atoms with Crippen molar-refractivity contribution in [3.8, 4) is 0 Å². The number of carbonyl (C=O) groups is 1. The van der Waals surface area contributed by atoms with Gasteiger partial charge in [0.25, 0.3) is 0 Å². The van der Waals surface area contributed by atoms with E-state index in [1.807, 2.05) is 32.9 Å². The summed E-state index contributed by atoms with van der Waals surface area (Å²) < 4.78 is 0. The van der Waals surface area contributed by atoms with Gasteiger partial charge in [-0.2, -0.15) is 0 Å². The molecule has 3 N–H and O–H groups in total. The summed E-state index contributed by atoms with van der Waals surface area (Å²) in [7, 11) is 0. The monoisotopic (exact) mass is 213 g/mol. The van der Waals surface area contributed by atoms with Crippen LogP contribution < -0.4 is 5.32 Å². The average molecular weight is 213 g/mol. The second kappa shape index (κ2) is 3.85. The molecule has 4 nitrogen and oxygen atoms in total. The standard InChI is InChI=1S/C11H19NO3/c1-10(2,3)11(12-9(14)15)5-4-8(6-11)7-13/h4-5,8,12-13H,6-7H2,1-3H3,(H,14,15)/t8-,11?/m0/s1. The van der Waals surface area contributed by atoms with E-state index >= 15 is 0 Å². The lowest BCUT2D eigenvalue weighted by Crippen LogP contribution is -2.54. The van der Waals surface area contributed by atoms with Crippen LogP contribution in [0.2, 0.25) is 0 Å². The Morgan fingerprint density at radius 3 is 2.53 bits per heavy atom. The highest BCUT2D eigenvalue weighted by Gasteiger charge is 2.45. The van der Waals surface area contributed by atoms with Crippen LogP contribution in [0.4, 0.5) is 4.79 Å². The Morgan fingerprint density at radius 1 is 1.60 bits per heavy atom. The molecule has 1 amide bonds. The highest BCUT2D eigenvalue weighted by molar-refractivity contribution is 5.66. The molecule has 0 bridgehead atoms. The van der Waals surface area contributed by atoms with Gasteiger partial charge in [-0.1, -0.05) is 32.9 Å². The van der Waals surface area contributed by atoms with Gasteiger partial charge in [0.1, 0.15) is 0 Å². The van der Waals surface area contributed by atoms with E-state index in [4.69, 9.17) is 10.2 Å². The lowest BCUT2D eigenvalue weighted by Gasteiger charge is -2.41. The molecule has 0 aromatic heterocycles. The van der Waals surface area contributed by atoms with Gasteiger partial charge in [0.05, 0.1) is 5.54 Å². The van der Waals surface area contributed by atoms with Crippen molar-refractivity contribution in [2.75, 3.05) is 6.61 Å². The minimum atomic E-state index is -1.02. The summed E-state index contributed by atoms with van der Waals surface area (Å²) in [5, 5.41) is 20.5. The van der Waals surface area contributed by atoms with Gasteiger partial charge in [-0.05, 0) is 11.8 Å². The van der Waals surface area contributed by atoms with E-state index in [2.05, 4.69) is 5.32 Å². The van der Waals surface area contributed by atoms with Crippen LogP contribution in [0.5, 0.6) is 0 Å². The lowest BCUT2D eigenvalue weighted by atomic mass is 9.72. The molecule has 15 heavy (non-hydrogen) atoms. The van der Waals surface area contributed by atoms with E-state index < -0.39 is 11.6 Å². The van der Waals surface area contributed by atoms with Crippen molar-refractivity contribution in [2.45, 2.75) is 32.7 Å². The van der Waals surface area contributed by atoms with Crippen LogP contribution in [0.1, 0.15) is 27.2 Å². The van der Waals surface area contributed by atoms with Crippen molar-refractivity contribution in [1.29, 1.82) is 0 Å². The Balaban J connectivity index is 2.91. The van der Waals surface area contributed by atoms with Crippen LogP contribution in [-0.2, 0) is 0 Å². The second-order valence-electron chi connectivity index (χ2n) is 5.16. The molecule has 0 aromatic rings. The molecule has 0 saturated carbocycles. The first-order chi connectivity index (χ1) is 6.81. The first-order valence-electron chi connectivity index (χ1n) is 5.12. The van der Waals surface area contributed by atoms with Gasteiger partial charge in [0, 0.05) is 12.5 Å². The molecule has 0 aromatic carbocycles. The van der Waals surface area contributed by atoms with E-state index in [9.17, 15) is 4.79 Å². The summed E-state index contributed by atoms with van der Waals surface area (Å²) in [5.74, 6) is 0.0519. The fraction of sp³-hybridized carbons (Fsp3) is 0.727. The molecule has 2 atom stereocenters. The van der Waals surface area contributed by atoms with Crippen LogP contribution in [-0.4, -0.2) is 28.5 Å². The maximum absolute atomic E-state index is 10.8. The molecule has 1 aliphatic rings. The van der Waals surface area contributed by atoms with Crippen molar-refractivity contribution >= 4 is 6.09 Å². The minimum absolute atomic E-state index is 0.0519. The van der Waals surface area contributed by atoms with Gasteiger partial charge in [-0.3, -0.25) is 0 Å². The molecule has 1 unspecified atom stereocenters. The molecule has 0 radical (unpaired) electrons. The Kier molecular flexibility index (Phi) is 3.09. The minimum Gasteiger partial charge on any atom is -0.465 e. The second-order valence-corrected chi connectivity index (χ2v) is 5.16. The third-order valence-electron chi connectivity index (χ3n) is 3.14.